The Morgan fingerprint density at radius 1 is 0.892 bits per heavy atom. The monoisotopic (exact) mass is 563 g/mol. The van der Waals surface area contributed by atoms with Gasteiger partial charge in [0.05, 0.1) is 33.1 Å². The van der Waals surface area contributed by atoms with Crippen molar-refractivity contribution < 1.29 is 13.2 Å². The predicted octanol–water partition coefficient (Wildman–Crippen LogP) is 8.39. The van der Waals surface area contributed by atoms with Gasteiger partial charge in [-0.1, -0.05) is 23.8 Å². The van der Waals surface area contributed by atoms with Crippen molar-refractivity contribution in [1.29, 1.82) is 0 Å². The molecule has 0 spiro atoms. The second-order valence-corrected chi connectivity index (χ2v) is 13.4. The third-order valence-electron chi connectivity index (χ3n) is 5.92. The molecule has 0 N–H and O–H groups in total. The Morgan fingerprint density at radius 2 is 1.59 bits per heavy atom. The Labute approximate surface area is 229 Å². The van der Waals surface area contributed by atoms with Crippen LogP contribution in [0.1, 0.15) is 10.4 Å². The fourth-order valence-electron chi connectivity index (χ4n) is 4.02. The molecule has 0 radical (unpaired) electrons. The maximum atomic E-state index is 13.3. The van der Waals surface area contributed by atoms with E-state index in [1.54, 1.807) is 54.2 Å². The van der Waals surface area contributed by atoms with Crippen molar-refractivity contribution >= 4 is 50.3 Å². The van der Waals surface area contributed by atoms with Crippen molar-refractivity contribution in [2.24, 2.45) is 0 Å². The first kappa shape index (κ1) is 25.6. The quantitative estimate of drug-likeness (QED) is 0.190. The third kappa shape index (κ3) is 5.20. The Balaban J connectivity index is 1.56. The highest BCUT2D eigenvalue weighted by atomic mass is 32.3. The lowest BCUT2D eigenvalue weighted by Gasteiger charge is -2.13. The minimum absolute atomic E-state index is 0.310. The Bertz CT molecular complexity index is 1640. The van der Waals surface area contributed by atoms with Crippen LogP contribution in [-0.4, -0.2) is 26.4 Å². The molecule has 0 fully saturated rings. The molecular formula is C29H25NO3S4. The van der Waals surface area contributed by atoms with Gasteiger partial charge in [-0.05, 0) is 91.4 Å². The number of thiophene rings is 2. The zero-order valence-corrected chi connectivity index (χ0v) is 23.8. The lowest BCUT2D eigenvalue weighted by atomic mass is 10.2. The molecule has 0 bridgehead atoms. The Kier molecular flexibility index (Phi) is 7.44. The number of sulfone groups is 1. The van der Waals surface area contributed by atoms with E-state index in [9.17, 15) is 8.42 Å². The molecule has 0 saturated carbocycles. The number of thioether (sulfide) groups is 1. The summed E-state index contributed by atoms with van der Waals surface area (Å²) in [5, 5.41) is 2.08. The van der Waals surface area contributed by atoms with Crippen LogP contribution >= 0.6 is 34.4 Å². The average molecular weight is 564 g/mol. The van der Waals surface area contributed by atoms with Gasteiger partial charge in [-0.2, -0.15) is 0 Å². The normalized spacial score (nSPS) is 12.1. The summed E-state index contributed by atoms with van der Waals surface area (Å²) in [6.45, 7) is 1.94. The van der Waals surface area contributed by atoms with Crippen LogP contribution in [0.3, 0.4) is 0 Å². The SMILES string of the molecule is COc1ccc(-n2c(-c3cccs3)ccc2-c2ccc(/C=C(\SC)S(=O)(=O)c3ccc(C)cc3)s2)cc1. The van der Waals surface area contributed by atoms with Gasteiger partial charge >= 0.3 is 0 Å². The van der Waals surface area contributed by atoms with Crippen LogP contribution in [0.25, 0.3) is 32.9 Å². The maximum Gasteiger partial charge on any atom is 0.212 e. The van der Waals surface area contributed by atoms with E-state index in [1.807, 2.05) is 49.4 Å². The van der Waals surface area contributed by atoms with Gasteiger partial charge in [-0.15, -0.1) is 34.4 Å². The molecule has 37 heavy (non-hydrogen) atoms. The summed E-state index contributed by atoms with van der Waals surface area (Å²) in [5.74, 6) is 0.804. The van der Waals surface area contributed by atoms with E-state index in [1.165, 1.54) is 16.6 Å². The number of aromatic nitrogens is 1. The van der Waals surface area contributed by atoms with E-state index in [2.05, 4.69) is 40.3 Å². The summed E-state index contributed by atoms with van der Waals surface area (Å²) in [7, 11) is -1.93. The standard InChI is InChI=1S/C29H25NO3S4/c1-20-6-13-24(14-7-20)37(31,32)29(34-3)19-23-12-17-28(36-23)26-16-15-25(27-5-4-18-35-27)30(26)21-8-10-22(33-2)11-9-21/h4-19H,1-3H3/b29-19+. The van der Waals surface area contributed by atoms with Gasteiger partial charge in [0.25, 0.3) is 0 Å². The summed E-state index contributed by atoms with van der Waals surface area (Å²) in [6.07, 6.45) is 3.57. The number of benzene rings is 2. The highest BCUT2D eigenvalue weighted by molar-refractivity contribution is 8.18. The fourth-order valence-corrected chi connectivity index (χ4v) is 8.30. The van der Waals surface area contributed by atoms with Gasteiger partial charge in [0.2, 0.25) is 9.84 Å². The van der Waals surface area contributed by atoms with Crippen molar-refractivity contribution in [3.8, 4) is 32.6 Å². The maximum absolute atomic E-state index is 13.3. The average Bonchev–Trinajstić information content (AvgIpc) is 3.68. The number of rotatable bonds is 8. The number of ether oxygens (including phenoxy) is 1. The molecule has 3 aromatic heterocycles. The molecule has 0 saturated heterocycles. The van der Waals surface area contributed by atoms with Crippen molar-refractivity contribution in [3.63, 3.8) is 0 Å². The molecule has 0 aliphatic heterocycles. The minimum atomic E-state index is -3.59. The van der Waals surface area contributed by atoms with Crippen LogP contribution < -0.4 is 4.74 Å². The largest absolute Gasteiger partial charge is 0.497 e. The molecule has 3 heterocycles. The molecule has 0 unspecified atom stereocenters. The summed E-state index contributed by atoms with van der Waals surface area (Å²) >= 11 is 4.52. The first-order chi connectivity index (χ1) is 17.9. The second-order valence-electron chi connectivity index (χ2n) is 8.30. The molecule has 0 aliphatic rings. The van der Waals surface area contributed by atoms with E-state index < -0.39 is 9.84 Å². The van der Waals surface area contributed by atoms with Crippen LogP contribution in [0.5, 0.6) is 5.75 Å². The summed E-state index contributed by atoms with van der Waals surface area (Å²) in [6, 6.07) is 27.5. The second kappa shape index (κ2) is 10.8. The molecule has 8 heteroatoms. The van der Waals surface area contributed by atoms with E-state index >= 15 is 0 Å². The summed E-state index contributed by atoms with van der Waals surface area (Å²) in [5.41, 5.74) is 4.21. The lowest BCUT2D eigenvalue weighted by molar-refractivity contribution is 0.415. The molecule has 0 amide bonds. The zero-order valence-electron chi connectivity index (χ0n) is 20.5. The fraction of sp³-hybridized carbons (Fsp3) is 0.103. The van der Waals surface area contributed by atoms with Crippen LogP contribution in [-0.2, 0) is 9.84 Å². The van der Waals surface area contributed by atoms with Gasteiger partial charge in [-0.25, -0.2) is 8.42 Å². The van der Waals surface area contributed by atoms with Crippen LogP contribution in [0.4, 0.5) is 0 Å². The zero-order chi connectivity index (χ0) is 26.0. The van der Waals surface area contributed by atoms with Crippen LogP contribution in [0.15, 0.2) is 99.4 Å². The smallest absolute Gasteiger partial charge is 0.212 e. The van der Waals surface area contributed by atoms with Gasteiger partial charge in [0.1, 0.15) is 9.99 Å². The molecule has 0 atom stereocenters. The highest BCUT2D eigenvalue weighted by Gasteiger charge is 2.21. The van der Waals surface area contributed by atoms with Gasteiger partial charge in [-0.3, -0.25) is 0 Å². The van der Waals surface area contributed by atoms with Gasteiger partial charge in [0, 0.05) is 10.6 Å². The van der Waals surface area contributed by atoms with Gasteiger partial charge in [0.15, 0.2) is 0 Å². The number of hydrogen-bond donors (Lipinski definition) is 0. The third-order valence-corrected chi connectivity index (χ3v) is 11.1. The van der Waals surface area contributed by atoms with Crippen LogP contribution in [0, 0.1) is 6.92 Å². The van der Waals surface area contributed by atoms with Crippen molar-refractivity contribution in [2.45, 2.75) is 11.8 Å². The van der Waals surface area contributed by atoms with Crippen LogP contribution in [0.2, 0.25) is 0 Å². The number of hydrogen-bond acceptors (Lipinski definition) is 6. The first-order valence-corrected chi connectivity index (χ1v) is 15.9. The summed E-state index contributed by atoms with van der Waals surface area (Å²) < 4.78 is 34.5. The topological polar surface area (TPSA) is 48.3 Å². The Hall–Kier alpha value is -3.04. The van der Waals surface area contributed by atoms with E-state index in [0.29, 0.717) is 9.13 Å². The first-order valence-electron chi connectivity index (χ1n) is 11.5. The lowest BCUT2D eigenvalue weighted by Crippen LogP contribution is -2.02. The molecule has 5 aromatic rings. The number of methoxy groups -OCH3 is 1. The molecule has 4 nitrogen and oxygen atoms in total. The van der Waals surface area contributed by atoms with E-state index in [0.717, 1.165) is 38.1 Å². The molecule has 2 aromatic carbocycles. The highest BCUT2D eigenvalue weighted by Crippen LogP contribution is 2.39. The van der Waals surface area contributed by atoms with E-state index in [4.69, 9.17) is 4.74 Å². The minimum Gasteiger partial charge on any atom is -0.497 e. The van der Waals surface area contributed by atoms with Crippen molar-refractivity contribution in [2.75, 3.05) is 13.4 Å². The van der Waals surface area contributed by atoms with Gasteiger partial charge < -0.3 is 9.30 Å². The predicted molar refractivity (Wildman–Crippen MR) is 159 cm³/mol. The van der Waals surface area contributed by atoms with Crippen molar-refractivity contribution in [1.82, 2.24) is 4.57 Å². The van der Waals surface area contributed by atoms with E-state index in [-0.39, 0.29) is 0 Å². The Morgan fingerprint density at radius 3 is 2.22 bits per heavy atom. The molecule has 5 rings (SSSR count). The summed E-state index contributed by atoms with van der Waals surface area (Å²) in [4.78, 5) is 3.42. The van der Waals surface area contributed by atoms with Crippen molar-refractivity contribution in [3.05, 3.63) is 105 Å². The number of aryl methyl sites for hydroxylation is 1. The number of nitrogens with zero attached hydrogens (tertiary/aromatic N) is 1. The molecular weight excluding hydrogens is 539 g/mol. The molecule has 0 aliphatic carbocycles. The molecule has 188 valence electrons.